The van der Waals surface area contributed by atoms with Gasteiger partial charge in [0.2, 0.25) is 0 Å². The van der Waals surface area contributed by atoms with E-state index >= 15 is 0 Å². The summed E-state index contributed by atoms with van der Waals surface area (Å²) in [6.45, 7) is 0. The minimum atomic E-state index is 1.26. The van der Waals surface area contributed by atoms with E-state index in [2.05, 4.69) is 133 Å². The summed E-state index contributed by atoms with van der Waals surface area (Å²) in [7, 11) is 2.16. The Morgan fingerprint density at radius 3 is 1.72 bits per heavy atom. The van der Waals surface area contributed by atoms with Gasteiger partial charge in [0, 0.05) is 28.9 Å². The molecule has 0 saturated heterocycles. The van der Waals surface area contributed by atoms with Crippen LogP contribution >= 0.6 is 0 Å². The smallest absolute Gasteiger partial charge is 0.0489 e. The highest BCUT2D eigenvalue weighted by Crippen LogP contribution is 2.43. The number of aromatic nitrogens is 1. The number of para-hydroxylation sites is 1. The second-order valence-electron chi connectivity index (χ2n) is 9.82. The maximum Gasteiger partial charge on any atom is 0.0489 e. The van der Waals surface area contributed by atoms with Crippen molar-refractivity contribution >= 4 is 54.1 Å². The number of hydrogen-bond donors (Lipinski definition) is 0. The summed E-state index contributed by atoms with van der Waals surface area (Å²) in [6, 6.07) is 44.7. The zero-order valence-corrected chi connectivity index (χ0v) is 20.0. The summed E-state index contributed by atoms with van der Waals surface area (Å²) >= 11 is 0. The molecule has 1 heteroatoms. The molecule has 0 spiro atoms. The maximum atomic E-state index is 2.37. The van der Waals surface area contributed by atoms with Gasteiger partial charge in [0.05, 0.1) is 0 Å². The van der Waals surface area contributed by atoms with Gasteiger partial charge in [-0.25, -0.2) is 0 Å². The largest absolute Gasteiger partial charge is 0.344 e. The summed E-state index contributed by atoms with van der Waals surface area (Å²) in [4.78, 5) is 0. The summed E-state index contributed by atoms with van der Waals surface area (Å²) < 4.78 is 2.30. The van der Waals surface area contributed by atoms with Gasteiger partial charge in [-0.05, 0) is 72.8 Å². The second-order valence-corrected chi connectivity index (χ2v) is 9.82. The summed E-state index contributed by atoms with van der Waals surface area (Å²) in [6.07, 6.45) is 0. The van der Waals surface area contributed by atoms with Crippen LogP contribution in [-0.2, 0) is 7.05 Å². The van der Waals surface area contributed by atoms with E-state index in [0.717, 1.165) is 0 Å². The lowest BCUT2D eigenvalue weighted by atomic mass is 9.87. The van der Waals surface area contributed by atoms with Crippen molar-refractivity contribution in [2.75, 3.05) is 0 Å². The van der Waals surface area contributed by atoms with Gasteiger partial charge in [-0.15, -0.1) is 0 Å². The molecule has 8 aromatic rings. The first-order valence-electron chi connectivity index (χ1n) is 12.5. The van der Waals surface area contributed by atoms with E-state index in [9.17, 15) is 0 Å². The second kappa shape index (κ2) is 7.19. The Labute approximate surface area is 209 Å². The van der Waals surface area contributed by atoms with Gasteiger partial charge in [-0.3, -0.25) is 0 Å². The monoisotopic (exact) mass is 457 g/mol. The molecule has 0 bridgehead atoms. The normalized spacial score (nSPS) is 12.0. The molecule has 0 radical (unpaired) electrons. The lowest BCUT2D eigenvalue weighted by Gasteiger charge is -2.16. The fourth-order valence-corrected chi connectivity index (χ4v) is 6.26. The van der Waals surface area contributed by atoms with E-state index < -0.39 is 0 Å². The average Bonchev–Trinajstić information content (AvgIpc) is 3.23. The molecule has 0 atom stereocenters. The van der Waals surface area contributed by atoms with Crippen LogP contribution in [0.1, 0.15) is 0 Å². The molecule has 0 aliphatic carbocycles. The van der Waals surface area contributed by atoms with Gasteiger partial charge < -0.3 is 4.57 Å². The van der Waals surface area contributed by atoms with E-state index in [1.807, 2.05) is 0 Å². The molecule has 36 heavy (non-hydrogen) atoms. The Morgan fingerprint density at radius 1 is 0.417 bits per heavy atom. The zero-order valence-electron chi connectivity index (χ0n) is 20.0. The van der Waals surface area contributed by atoms with Crippen LogP contribution in [0.2, 0.25) is 0 Å². The average molecular weight is 458 g/mol. The molecule has 0 N–H and O–H groups in total. The molecule has 1 nitrogen and oxygen atoms in total. The minimum Gasteiger partial charge on any atom is -0.344 e. The number of rotatable bonds is 2. The molecule has 0 amide bonds. The predicted molar refractivity (Wildman–Crippen MR) is 155 cm³/mol. The lowest BCUT2D eigenvalue weighted by molar-refractivity contribution is 1.01. The van der Waals surface area contributed by atoms with Crippen LogP contribution in [0.25, 0.3) is 76.4 Å². The SMILES string of the molecule is Cn1c2ccccc2c2cc(-c3ccc4ccc5c(-c6ccccc6)ccc6ccc3c4c65)ccc21. The van der Waals surface area contributed by atoms with E-state index in [4.69, 9.17) is 0 Å². The molecule has 8 rings (SSSR count). The summed E-state index contributed by atoms with van der Waals surface area (Å²) in [5, 5.41) is 10.6. The standard InChI is InChI=1S/C35H23N/c1-36-32-10-6-5-9-28(32)31-21-25(15-20-33(31)36)27-17-12-24-13-18-29-26(22-7-3-2-4-8-22)16-11-23-14-19-30(27)35(24)34(23)29/h2-21H,1H3. The third-order valence-electron chi connectivity index (χ3n) is 7.97. The highest BCUT2D eigenvalue weighted by Gasteiger charge is 2.16. The van der Waals surface area contributed by atoms with Crippen molar-refractivity contribution in [1.82, 2.24) is 4.57 Å². The van der Waals surface area contributed by atoms with Gasteiger partial charge in [0.15, 0.2) is 0 Å². The highest BCUT2D eigenvalue weighted by atomic mass is 14.9. The molecule has 0 unspecified atom stereocenters. The molecule has 7 aromatic carbocycles. The van der Waals surface area contributed by atoms with Crippen molar-refractivity contribution in [3.05, 3.63) is 121 Å². The van der Waals surface area contributed by atoms with Crippen LogP contribution in [0.3, 0.4) is 0 Å². The number of hydrogen-bond acceptors (Lipinski definition) is 0. The molecule has 0 fully saturated rings. The third kappa shape index (κ3) is 2.60. The van der Waals surface area contributed by atoms with E-state index in [0.29, 0.717) is 0 Å². The van der Waals surface area contributed by atoms with E-state index in [-0.39, 0.29) is 0 Å². The van der Waals surface area contributed by atoms with Gasteiger partial charge in [-0.1, -0.05) is 103 Å². The Hall–Kier alpha value is -4.62. The third-order valence-corrected chi connectivity index (χ3v) is 7.97. The van der Waals surface area contributed by atoms with Gasteiger partial charge in [-0.2, -0.15) is 0 Å². The van der Waals surface area contributed by atoms with Crippen LogP contribution in [-0.4, -0.2) is 4.57 Å². The van der Waals surface area contributed by atoms with Crippen LogP contribution in [0, 0.1) is 0 Å². The number of nitrogens with zero attached hydrogens (tertiary/aromatic N) is 1. The first-order valence-corrected chi connectivity index (χ1v) is 12.5. The Balaban J connectivity index is 1.44. The Bertz CT molecular complexity index is 2090. The molecule has 0 saturated carbocycles. The van der Waals surface area contributed by atoms with E-state index in [1.165, 1.54) is 76.4 Å². The number of aryl methyl sites for hydroxylation is 1. The summed E-state index contributed by atoms with van der Waals surface area (Å²) in [5.74, 6) is 0. The molecular formula is C35H23N. The highest BCUT2D eigenvalue weighted by molar-refractivity contribution is 6.27. The molecule has 0 aliphatic heterocycles. The number of fused-ring (bicyclic) bond motifs is 3. The predicted octanol–water partition coefficient (Wildman–Crippen LogP) is 9.56. The fraction of sp³-hybridized carbons (Fsp3) is 0.0286. The Kier molecular flexibility index (Phi) is 3.93. The van der Waals surface area contributed by atoms with Crippen molar-refractivity contribution in [2.45, 2.75) is 0 Å². The first-order chi connectivity index (χ1) is 17.8. The van der Waals surface area contributed by atoms with E-state index in [1.54, 1.807) is 0 Å². The van der Waals surface area contributed by atoms with Crippen LogP contribution in [0.15, 0.2) is 121 Å². The summed E-state index contributed by atoms with van der Waals surface area (Å²) in [5.41, 5.74) is 7.65. The number of benzene rings is 7. The molecule has 168 valence electrons. The van der Waals surface area contributed by atoms with Gasteiger partial charge in [0.25, 0.3) is 0 Å². The Morgan fingerprint density at radius 2 is 1.00 bits per heavy atom. The lowest BCUT2D eigenvalue weighted by Crippen LogP contribution is -1.90. The molecule has 1 heterocycles. The van der Waals surface area contributed by atoms with Gasteiger partial charge >= 0.3 is 0 Å². The van der Waals surface area contributed by atoms with Gasteiger partial charge in [0.1, 0.15) is 0 Å². The molecular weight excluding hydrogens is 434 g/mol. The molecule has 0 aliphatic rings. The van der Waals surface area contributed by atoms with Crippen LogP contribution in [0.5, 0.6) is 0 Å². The van der Waals surface area contributed by atoms with Crippen molar-refractivity contribution in [3.8, 4) is 22.3 Å². The van der Waals surface area contributed by atoms with Crippen molar-refractivity contribution in [2.24, 2.45) is 7.05 Å². The maximum absolute atomic E-state index is 2.37. The first kappa shape index (κ1) is 19.7. The van der Waals surface area contributed by atoms with Crippen LogP contribution < -0.4 is 0 Å². The quantitative estimate of drug-likeness (QED) is 0.228. The fourth-order valence-electron chi connectivity index (χ4n) is 6.26. The van der Waals surface area contributed by atoms with Crippen molar-refractivity contribution in [1.29, 1.82) is 0 Å². The minimum absolute atomic E-state index is 1.26. The zero-order chi connectivity index (χ0) is 23.8. The van der Waals surface area contributed by atoms with Crippen molar-refractivity contribution < 1.29 is 0 Å². The van der Waals surface area contributed by atoms with Crippen molar-refractivity contribution in [3.63, 3.8) is 0 Å². The molecule has 1 aromatic heterocycles. The topological polar surface area (TPSA) is 4.93 Å². The van der Waals surface area contributed by atoms with Crippen LogP contribution in [0.4, 0.5) is 0 Å².